The van der Waals surface area contributed by atoms with Crippen molar-refractivity contribution in [2.45, 2.75) is 33.2 Å². The third-order valence-electron chi connectivity index (χ3n) is 4.40. The number of carbonyl (C=O) groups excluding carboxylic acids is 1. The number of amides is 1. The number of methoxy groups -OCH3 is 1. The maximum Gasteiger partial charge on any atom is 0.252 e. The van der Waals surface area contributed by atoms with E-state index in [0.29, 0.717) is 22.7 Å². The minimum atomic E-state index is -3.42. The highest BCUT2D eigenvalue weighted by Gasteiger charge is 2.20. The number of rotatable bonds is 8. The third kappa shape index (κ3) is 5.99. The monoisotopic (exact) mass is 404 g/mol. The van der Waals surface area contributed by atoms with E-state index in [1.54, 1.807) is 32.2 Å². The van der Waals surface area contributed by atoms with Gasteiger partial charge < -0.3 is 10.1 Å². The van der Waals surface area contributed by atoms with Gasteiger partial charge in [0.15, 0.2) is 0 Å². The summed E-state index contributed by atoms with van der Waals surface area (Å²) >= 11 is 0. The molecule has 2 N–H and O–H groups in total. The molecule has 0 radical (unpaired) electrons. The molecule has 1 amide bonds. The van der Waals surface area contributed by atoms with Gasteiger partial charge >= 0.3 is 0 Å². The number of carbonyl (C=O) groups is 1. The molecule has 0 heterocycles. The minimum Gasteiger partial charge on any atom is -0.497 e. The molecule has 0 unspecified atom stereocenters. The standard InChI is InChI=1S/C21H28N2O4S/c1-14(2)13-20(16-9-11-17(27-4)12-10-16)22-21(24)18-7-6-8-19(15(18)3)23-28(5,25)26/h6-12,14,20,23H,13H2,1-5H3,(H,22,24)/t20-/m0/s1. The van der Waals surface area contributed by atoms with Crippen molar-refractivity contribution >= 4 is 21.6 Å². The van der Waals surface area contributed by atoms with Crippen LogP contribution in [0.15, 0.2) is 42.5 Å². The molecule has 0 aromatic heterocycles. The quantitative estimate of drug-likeness (QED) is 0.699. The normalized spacial score (nSPS) is 12.5. The number of benzene rings is 2. The highest BCUT2D eigenvalue weighted by atomic mass is 32.2. The summed E-state index contributed by atoms with van der Waals surface area (Å²) in [7, 11) is -1.81. The summed E-state index contributed by atoms with van der Waals surface area (Å²) in [6.45, 7) is 5.93. The van der Waals surface area contributed by atoms with Crippen LogP contribution >= 0.6 is 0 Å². The molecule has 0 saturated heterocycles. The van der Waals surface area contributed by atoms with Crippen LogP contribution in [-0.2, 0) is 10.0 Å². The van der Waals surface area contributed by atoms with Gasteiger partial charge in [-0.05, 0) is 54.7 Å². The third-order valence-corrected chi connectivity index (χ3v) is 5.00. The molecule has 0 aliphatic carbocycles. The summed E-state index contributed by atoms with van der Waals surface area (Å²) in [6.07, 6.45) is 1.86. The van der Waals surface area contributed by atoms with Crippen molar-refractivity contribution < 1.29 is 17.9 Å². The summed E-state index contributed by atoms with van der Waals surface area (Å²) in [5, 5.41) is 3.09. The first-order valence-electron chi connectivity index (χ1n) is 9.13. The van der Waals surface area contributed by atoms with E-state index < -0.39 is 10.0 Å². The van der Waals surface area contributed by atoms with Crippen molar-refractivity contribution in [2.75, 3.05) is 18.1 Å². The average Bonchev–Trinajstić information content (AvgIpc) is 2.61. The molecule has 0 spiro atoms. The van der Waals surface area contributed by atoms with Crippen molar-refractivity contribution in [3.05, 3.63) is 59.2 Å². The SMILES string of the molecule is COc1ccc([C@H](CC(C)C)NC(=O)c2cccc(NS(C)(=O)=O)c2C)cc1. The Balaban J connectivity index is 2.29. The molecule has 2 rings (SSSR count). The number of hydrogen-bond donors (Lipinski definition) is 2. The van der Waals surface area contributed by atoms with Gasteiger partial charge in [0.25, 0.3) is 5.91 Å². The van der Waals surface area contributed by atoms with Crippen LogP contribution in [0, 0.1) is 12.8 Å². The fraction of sp³-hybridized carbons (Fsp3) is 0.381. The molecule has 28 heavy (non-hydrogen) atoms. The van der Waals surface area contributed by atoms with Gasteiger partial charge in [0, 0.05) is 5.56 Å². The van der Waals surface area contributed by atoms with Crippen LogP contribution in [0.3, 0.4) is 0 Å². The van der Waals surface area contributed by atoms with E-state index in [0.717, 1.165) is 24.0 Å². The van der Waals surface area contributed by atoms with Gasteiger partial charge in [-0.15, -0.1) is 0 Å². The molecule has 2 aromatic carbocycles. The largest absolute Gasteiger partial charge is 0.497 e. The molecular formula is C21H28N2O4S. The van der Waals surface area contributed by atoms with Gasteiger partial charge in [0.1, 0.15) is 5.75 Å². The Kier molecular flexibility index (Phi) is 7.07. The Hall–Kier alpha value is -2.54. The molecule has 0 saturated carbocycles. The summed E-state index contributed by atoms with van der Waals surface area (Å²) in [4.78, 5) is 13.0. The van der Waals surface area contributed by atoms with E-state index in [1.807, 2.05) is 24.3 Å². The molecule has 0 aliphatic heterocycles. The van der Waals surface area contributed by atoms with Gasteiger partial charge in [-0.2, -0.15) is 0 Å². The first-order valence-corrected chi connectivity index (χ1v) is 11.0. The topological polar surface area (TPSA) is 84.5 Å². The van der Waals surface area contributed by atoms with Crippen LogP contribution in [0.1, 0.15) is 47.8 Å². The molecule has 7 heteroatoms. The first kappa shape index (κ1) is 21.8. The van der Waals surface area contributed by atoms with E-state index >= 15 is 0 Å². The van der Waals surface area contributed by atoms with E-state index in [-0.39, 0.29) is 11.9 Å². The Labute approximate surface area is 167 Å². The molecule has 6 nitrogen and oxygen atoms in total. The smallest absolute Gasteiger partial charge is 0.252 e. The molecular weight excluding hydrogens is 376 g/mol. The lowest BCUT2D eigenvalue weighted by Gasteiger charge is -2.22. The molecule has 1 atom stereocenters. The Morgan fingerprint density at radius 2 is 1.75 bits per heavy atom. The maximum absolute atomic E-state index is 13.0. The summed E-state index contributed by atoms with van der Waals surface area (Å²) in [6, 6.07) is 12.5. The predicted octanol–water partition coefficient (Wildman–Crippen LogP) is 3.89. The van der Waals surface area contributed by atoms with Gasteiger partial charge in [0.05, 0.1) is 25.1 Å². The average molecular weight is 405 g/mol. The van der Waals surface area contributed by atoms with Gasteiger partial charge in [0.2, 0.25) is 10.0 Å². The highest BCUT2D eigenvalue weighted by molar-refractivity contribution is 7.92. The molecule has 152 valence electrons. The second-order valence-corrected chi connectivity index (χ2v) is 9.03. The zero-order valence-electron chi connectivity index (χ0n) is 16.9. The first-order chi connectivity index (χ1) is 13.1. The number of ether oxygens (including phenoxy) is 1. The summed E-state index contributed by atoms with van der Waals surface area (Å²) < 4.78 is 30.8. The fourth-order valence-corrected chi connectivity index (χ4v) is 3.63. The lowest BCUT2D eigenvalue weighted by molar-refractivity contribution is 0.0931. The van der Waals surface area contributed by atoms with Crippen LogP contribution in [-0.4, -0.2) is 27.7 Å². The Morgan fingerprint density at radius 3 is 2.29 bits per heavy atom. The van der Waals surface area contributed by atoms with Crippen molar-refractivity contribution in [1.82, 2.24) is 5.32 Å². The van der Waals surface area contributed by atoms with Gasteiger partial charge in [-0.25, -0.2) is 8.42 Å². The molecule has 0 bridgehead atoms. The number of hydrogen-bond acceptors (Lipinski definition) is 4. The van der Waals surface area contributed by atoms with Crippen LogP contribution in [0.5, 0.6) is 5.75 Å². The van der Waals surface area contributed by atoms with Crippen LogP contribution in [0.2, 0.25) is 0 Å². The summed E-state index contributed by atoms with van der Waals surface area (Å²) in [5.74, 6) is 0.900. The van der Waals surface area contributed by atoms with Crippen molar-refractivity contribution in [3.63, 3.8) is 0 Å². The van der Waals surface area contributed by atoms with Crippen LogP contribution in [0.4, 0.5) is 5.69 Å². The van der Waals surface area contributed by atoms with Crippen LogP contribution < -0.4 is 14.8 Å². The van der Waals surface area contributed by atoms with E-state index in [4.69, 9.17) is 4.74 Å². The molecule has 0 fully saturated rings. The predicted molar refractivity (Wildman–Crippen MR) is 112 cm³/mol. The Morgan fingerprint density at radius 1 is 1.11 bits per heavy atom. The number of sulfonamides is 1. The van der Waals surface area contributed by atoms with Crippen molar-refractivity contribution in [2.24, 2.45) is 5.92 Å². The van der Waals surface area contributed by atoms with E-state index in [9.17, 15) is 13.2 Å². The summed E-state index contributed by atoms with van der Waals surface area (Å²) in [5.41, 5.74) is 2.42. The lowest BCUT2D eigenvalue weighted by atomic mass is 9.96. The highest BCUT2D eigenvalue weighted by Crippen LogP contribution is 2.25. The number of anilines is 1. The van der Waals surface area contributed by atoms with Gasteiger partial charge in [-0.1, -0.05) is 32.0 Å². The Bertz CT molecular complexity index is 922. The lowest BCUT2D eigenvalue weighted by Crippen LogP contribution is -2.30. The molecule has 2 aromatic rings. The second kappa shape index (κ2) is 9.10. The number of nitrogens with one attached hydrogen (secondary N) is 2. The fourth-order valence-electron chi connectivity index (χ4n) is 3.01. The van der Waals surface area contributed by atoms with Crippen LogP contribution in [0.25, 0.3) is 0 Å². The van der Waals surface area contributed by atoms with E-state index in [1.165, 1.54) is 0 Å². The second-order valence-electron chi connectivity index (χ2n) is 7.28. The van der Waals surface area contributed by atoms with Gasteiger partial charge in [-0.3, -0.25) is 9.52 Å². The molecule has 0 aliphatic rings. The van der Waals surface area contributed by atoms with E-state index in [2.05, 4.69) is 23.9 Å². The minimum absolute atomic E-state index is 0.163. The van der Waals surface area contributed by atoms with Crippen molar-refractivity contribution in [1.29, 1.82) is 0 Å². The zero-order valence-corrected chi connectivity index (χ0v) is 17.8. The zero-order chi connectivity index (χ0) is 20.9. The maximum atomic E-state index is 13.0. The van der Waals surface area contributed by atoms with Crippen molar-refractivity contribution in [3.8, 4) is 5.75 Å².